The van der Waals surface area contributed by atoms with Crippen molar-refractivity contribution in [3.8, 4) is 0 Å². The van der Waals surface area contributed by atoms with Gasteiger partial charge < -0.3 is 9.90 Å². The van der Waals surface area contributed by atoms with Crippen molar-refractivity contribution in [2.24, 2.45) is 11.8 Å². The van der Waals surface area contributed by atoms with Crippen molar-refractivity contribution in [1.82, 2.24) is 4.90 Å². The van der Waals surface area contributed by atoms with Crippen LogP contribution in [-0.2, 0) is 4.79 Å². The zero-order valence-corrected chi connectivity index (χ0v) is 6.62. The maximum atomic E-state index is 10.7. The summed E-state index contributed by atoms with van der Waals surface area (Å²) in [4.78, 5) is 12.9. The number of carboxylic acid groups (broad SMARTS) is 1. The third kappa shape index (κ3) is 0.872. The van der Waals surface area contributed by atoms with Gasteiger partial charge in [-0.1, -0.05) is 0 Å². The fourth-order valence-corrected chi connectivity index (χ4v) is 2.49. The number of fused-ring (bicyclic) bond motifs is 2. The molecule has 0 saturated carbocycles. The van der Waals surface area contributed by atoms with Gasteiger partial charge in [0.05, 0.1) is 0 Å². The van der Waals surface area contributed by atoms with Crippen LogP contribution in [0.1, 0.15) is 13.3 Å². The Balaban J connectivity index is 2.17. The van der Waals surface area contributed by atoms with Gasteiger partial charge in [-0.05, 0) is 25.8 Å². The molecular weight excluding hydrogens is 142 g/mol. The van der Waals surface area contributed by atoms with Gasteiger partial charge in [-0.2, -0.15) is 0 Å². The Labute approximate surface area is 66.0 Å². The average Bonchev–Trinajstić information content (AvgIpc) is 2.44. The lowest BCUT2D eigenvalue weighted by molar-refractivity contribution is -0.313. The Morgan fingerprint density at radius 3 is 2.73 bits per heavy atom. The van der Waals surface area contributed by atoms with E-state index in [1.54, 1.807) is 0 Å². The van der Waals surface area contributed by atoms with Crippen LogP contribution in [0.4, 0.5) is 0 Å². The maximum absolute atomic E-state index is 10.7. The molecule has 0 spiro atoms. The van der Waals surface area contributed by atoms with Gasteiger partial charge in [-0.3, -0.25) is 4.90 Å². The lowest BCUT2D eigenvalue weighted by Crippen LogP contribution is -2.43. The highest BCUT2D eigenvalue weighted by atomic mass is 16.4. The predicted molar refractivity (Wildman–Crippen MR) is 37.6 cm³/mol. The lowest BCUT2D eigenvalue weighted by Gasteiger charge is -2.29. The number of piperidine rings is 1. The van der Waals surface area contributed by atoms with E-state index >= 15 is 0 Å². The molecule has 2 bridgehead atoms. The molecule has 2 aliphatic heterocycles. The molecule has 0 N–H and O–H groups in total. The van der Waals surface area contributed by atoms with Crippen molar-refractivity contribution in [2.75, 3.05) is 13.1 Å². The van der Waals surface area contributed by atoms with E-state index in [0.717, 1.165) is 19.5 Å². The van der Waals surface area contributed by atoms with Crippen LogP contribution in [0, 0.1) is 11.8 Å². The Bertz CT molecular complexity index is 191. The van der Waals surface area contributed by atoms with E-state index in [9.17, 15) is 9.90 Å². The lowest BCUT2D eigenvalue weighted by atomic mass is 9.88. The Morgan fingerprint density at radius 2 is 2.36 bits per heavy atom. The number of rotatable bonds is 1. The number of hydrogen-bond donors (Lipinski definition) is 0. The second-order valence-electron chi connectivity index (χ2n) is 3.63. The minimum atomic E-state index is -0.857. The largest absolute Gasteiger partial charge is 0.550 e. The minimum Gasteiger partial charge on any atom is -0.550 e. The minimum absolute atomic E-state index is 0.205. The highest BCUT2D eigenvalue weighted by Gasteiger charge is 2.43. The first-order chi connectivity index (χ1) is 5.20. The van der Waals surface area contributed by atoms with Crippen LogP contribution in [0.25, 0.3) is 0 Å². The first-order valence-electron chi connectivity index (χ1n) is 4.15. The summed E-state index contributed by atoms with van der Waals surface area (Å²) < 4.78 is 0. The van der Waals surface area contributed by atoms with Crippen LogP contribution in [0.15, 0.2) is 0 Å². The molecule has 2 saturated heterocycles. The number of carbonyl (C=O) groups is 1. The second-order valence-corrected chi connectivity index (χ2v) is 3.63. The van der Waals surface area contributed by atoms with Crippen LogP contribution in [0.5, 0.6) is 0 Å². The summed E-state index contributed by atoms with van der Waals surface area (Å²) >= 11 is 0. The summed E-state index contributed by atoms with van der Waals surface area (Å²) in [6.07, 6.45) is 1.04. The first-order valence-corrected chi connectivity index (χ1v) is 4.15. The molecular formula is C8H12NO2-. The van der Waals surface area contributed by atoms with E-state index in [1.165, 1.54) is 0 Å². The molecule has 0 amide bonds. The smallest absolute Gasteiger partial charge is 0.0464 e. The zero-order valence-electron chi connectivity index (χ0n) is 6.62. The number of carbonyl (C=O) groups excluding carboxylic acids is 1. The van der Waals surface area contributed by atoms with Crippen molar-refractivity contribution in [3.63, 3.8) is 0 Å². The van der Waals surface area contributed by atoms with E-state index in [0.29, 0.717) is 5.92 Å². The molecule has 0 aromatic heterocycles. The fourth-order valence-electron chi connectivity index (χ4n) is 2.49. The molecule has 4 unspecified atom stereocenters. The molecule has 2 rings (SSSR count). The predicted octanol–water partition coefficient (Wildman–Crippen LogP) is -0.923. The fraction of sp³-hybridized carbons (Fsp3) is 0.875. The third-order valence-electron chi connectivity index (χ3n) is 3.13. The SMILES string of the molecule is CC1C(C(=O)[O-])C2CCN1C2. The highest BCUT2D eigenvalue weighted by Crippen LogP contribution is 2.37. The summed E-state index contributed by atoms with van der Waals surface area (Å²) in [5.74, 6) is -0.691. The highest BCUT2D eigenvalue weighted by molar-refractivity contribution is 5.69. The molecule has 62 valence electrons. The van der Waals surface area contributed by atoms with Gasteiger partial charge >= 0.3 is 0 Å². The molecule has 11 heavy (non-hydrogen) atoms. The van der Waals surface area contributed by atoms with Crippen molar-refractivity contribution < 1.29 is 9.90 Å². The third-order valence-corrected chi connectivity index (χ3v) is 3.13. The normalized spacial score (nSPS) is 48.1. The molecule has 2 fully saturated rings. The summed E-state index contributed by atoms with van der Waals surface area (Å²) in [5, 5.41) is 10.7. The van der Waals surface area contributed by atoms with E-state index in [1.807, 2.05) is 6.92 Å². The van der Waals surface area contributed by atoms with Gasteiger partial charge in [0.2, 0.25) is 0 Å². The number of carboxylic acids is 1. The zero-order chi connectivity index (χ0) is 8.01. The number of nitrogens with zero attached hydrogens (tertiary/aromatic N) is 1. The van der Waals surface area contributed by atoms with E-state index < -0.39 is 5.97 Å². The molecule has 4 atom stereocenters. The summed E-state index contributed by atoms with van der Waals surface area (Å²) in [6, 6.07) is 0.207. The van der Waals surface area contributed by atoms with Crippen molar-refractivity contribution in [3.05, 3.63) is 0 Å². The van der Waals surface area contributed by atoms with Gasteiger partial charge in [0.15, 0.2) is 0 Å². The van der Waals surface area contributed by atoms with Crippen molar-refractivity contribution in [2.45, 2.75) is 19.4 Å². The summed E-state index contributed by atoms with van der Waals surface area (Å²) in [6.45, 7) is 4.04. The van der Waals surface area contributed by atoms with Crippen LogP contribution in [-0.4, -0.2) is 30.0 Å². The van der Waals surface area contributed by atoms with Crippen LogP contribution in [0.3, 0.4) is 0 Å². The van der Waals surface area contributed by atoms with E-state index in [-0.39, 0.29) is 12.0 Å². The van der Waals surface area contributed by atoms with Gasteiger partial charge in [0.25, 0.3) is 0 Å². The number of aliphatic carboxylic acids is 1. The van der Waals surface area contributed by atoms with Gasteiger partial charge in [-0.15, -0.1) is 0 Å². The summed E-state index contributed by atoms with van der Waals surface area (Å²) in [5.41, 5.74) is 0. The van der Waals surface area contributed by atoms with E-state index in [4.69, 9.17) is 0 Å². The standard InChI is InChI=1S/C8H13NO2/c1-5-7(8(10)11)6-2-3-9(5)4-6/h5-7H,2-4H2,1H3,(H,10,11)/p-1. The molecule has 0 aromatic rings. The Morgan fingerprint density at radius 1 is 1.64 bits per heavy atom. The van der Waals surface area contributed by atoms with Crippen LogP contribution >= 0.6 is 0 Å². The van der Waals surface area contributed by atoms with Crippen LogP contribution in [0.2, 0.25) is 0 Å². The Hall–Kier alpha value is -0.570. The molecule has 3 nitrogen and oxygen atoms in total. The number of hydrogen-bond acceptors (Lipinski definition) is 3. The topological polar surface area (TPSA) is 43.4 Å². The second kappa shape index (κ2) is 2.21. The average molecular weight is 154 g/mol. The van der Waals surface area contributed by atoms with Gasteiger partial charge in [0.1, 0.15) is 0 Å². The van der Waals surface area contributed by atoms with Crippen LogP contribution < -0.4 is 5.11 Å². The van der Waals surface area contributed by atoms with Crippen molar-refractivity contribution in [1.29, 1.82) is 0 Å². The molecule has 0 aliphatic carbocycles. The first kappa shape index (κ1) is 7.10. The monoisotopic (exact) mass is 154 g/mol. The summed E-state index contributed by atoms with van der Waals surface area (Å²) in [7, 11) is 0. The molecule has 3 heteroatoms. The molecule has 0 aromatic carbocycles. The quantitative estimate of drug-likeness (QED) is 0.490. The maximum Gasteiger partial charge on any atom is 0.0464 e. The Kier molecular flexibility index (Phi) is 1.42. The van der Waals surface area contributed by atoms with E-state index in [2.05, 4.69) is 4.90 Å². The van der Waals surface area contributed by atoms with Crippen molar-refractivity contribution >= 4 is 5.97 Å². The van der Waals surface area contributed by atoms with Gasteiger partial charge in [0, 0.05) is 24.5 Å². The molecule has 2 heterocycles. The van der Waals surface area contributed by atoms with Gasteiger partial charge in [-0.25, -0.2) is 0 Å². The molecule has 2 aliphatic rings. The molecule has 0 radical (unpaired) electrons.